The Morgan fingerprint density at radius 3 is 2.50 bits per heavy atom. The summed E-state index contributed by atoms with van der Waals surface area (Å²) in [6.07, 6.45) is 2.17. The van der Waals surface area contributed by atoms with Crippen molar-refractivity contribution in [2.24, 2.45) is 0 Å². The molecule has 0 aliphatic carbocycles. The molecule has 132 valence electrons. The molecule has 0 radical (unpaired) electrons. The third-order valence-corrected chi connectivity index (χ3v) is 4.43. The van der Waals surface area contributed by atoms with Gasteiger partial charge in [-0.2, -0.15) is 0 Å². The first-order valence-electron chi connectivity index (χ1n) is 8.10. The topological polar surface area (TPSA) is 71.3 Å². The molecule has 0 spiro atoms. The average Bonchev–Trinajstić information content (AvgIpc) is 3.19. The quantitative estimate of drug-likeness (QED) is 0.544. The number of carbonyl (C=O) groups is 2. The van der Waals surface area contributed by atoms with Crippen molar-refractivity contribution < 1.29 is 14.0 Å². The second-order valence-corrected chi connectivity index (χ2v) is 6.86. The summed E-state index contributed by atoms with van der Waals surface area (Å²) in [5, 5.41) is 5.64. The summed E-state index contributed by atoms with van der Waals surface area (Å²) in [7, 11) is 0. The van der Waals surface area contributed by atoms with Crippen molar-refractivity contribution in [3.63, 3.8) is 0 Å². The van der Waals surface area contributed by atoms with Gasteiger partial charge in [-0.05, 0) is 64.9 Å². The van der Waals surface area contributed by atoms with E-state index in [0.29, 0.717) is 17.8 Å². The normalized spacial score (nSPS) is 10.3. The van der Waals surface area contributed by atoms with Crippen LogP contribution in [0.1, 0.15) is 26.5 Å². The van der Waals surface area contributed by atoms with Crippen molar-refractivity contribution in [1.82, 2.24) is 5.32 Å². The van der Waals surface area contributed by atoms with Crippen molar-refractivity contribution in [1.29, 1.82) is 0 Å². The first kappa shape index (κ1) is 18.2. The molecule has 0 fully saturated rings. The molecule has 0 saturated carbocycles. The van der Waals surface area contributed by atoms with Crippen LogP contribution >= 0.6 is 22.6 Å². The molecule has 2 amide bonds. The summed E-state index contributed by atoms with van der Waals surface area (Å²) in [6.45, 7) is 0.514. The zero-order valence-electron chi connectivity index (χ0n) is 13.9. The number of carbonyl (C=O) groups excluding carboxylic acids is 2. The van der Waals surface area contributed by atoms with E-state index in [1.54, 1.807) is 24.3 Å². The van der Waals surface area contributed by atoms with Gasteiger partial charge in [0.05, 0.1) is 17.5 Å². The number of halogens is 1. The van der Waals surface area contributed by atoms with E-state index in [0.717, 1.165) is 15.6 Å². The lowest BCUT2D eigenvalue weighted by Gasteiger charge is -2.11. The fraction of sp³-hybridized carbons (Fsp3) is 0.100. The Balaban J connectivity index is 1.68. The summed E-state index contributed by atoms with van der Waals surface area (Å²) in [4.78, 5) is 24.8. The van der Waals surface area contributed by atoms with Gasteiger partial charge in [0.2, 0.25) is 0 Å². The number of hydrogen-bond acceptors (Lipinski definition) is 3. The Labute approximate surface area is 164 Å². The maximum atomic E-state index is 12.6. The molecule has 2 N–H and O–H groups in total. The third-order valence-electron chi connectivity index (χ3n) is 3.76. The number of hydrogen-bond donors (Lipinski definition) is 2. The molecule has 0 unspecified atom stereocenters. The fourth-order valence-corrected chi connectivity index (χ4v) is 2.96. The SMILES string of the molecule is O=C(Nc1ccc(I)cc1C(=O)NCCc1ccccc1)c1ccco1. The van der Waals surface area contributed by atoms with Crippen LogP contribution in [-0.2, 0) is 6.42 Å². The van der Waals surface area contributed by atoms with E-state index in [2.05, 4.69) is 33.2 Å². The van der Waals surface area contributed by atoms with Gasteiger partial charge >= 0.3 is 0 Å². The maximum absolute atomic E-state index is 12.6. The van der Waals surface area contributed by atoms with Crippen LogP contribution in [0.15, 0.2) is 71.3 Å². The van der Waals surface area contributed by atoms with Gasteiger partial charge in [0.25, 0.3) is 11.8 Å². The minimum Gasteiger partial charge on any atom is -0.459 e. The molecule has 3 aromatic rings. The number of benzene rings is 2. The molecule has 3 rings (SSSR count). The van der Waals surface area contributed by atoms with Gasteiger partial charge in [-0.3, -0.25) is 9.59 Å². The molecule has 0 saturated heterocycles. The molecule has 6 heteroatoms. The predicted octanol–water partition coefficient (Wildman–Crippen LogP) is 4.11. The first-order valence-corrected chi connectivity index (χ1v) is 9.18. The third kappa shape index (κ3) is 4.72. The van der Waals surface area contributed by atoms with E-state index in [1.807, 2.05) is 36.4 Å². The Kier molecular flexibility index (Phi) is 6.06. The second-order valence-electron chi connectivity index (χ2n) is 5.61. The van der Waals surface area contributed by atoms with Gasteiger partial charge < -0.3 is 15.1 Å². The highest BCUT2D eigenvalue weighted by Gasteiger charge is 2.16. The summed E-state index contributed by atoms with van der Waals surface area (Å²) in [6, 6.07) is 18.4. The van der Waals surface area contributed by atoms with Gasteiger partial charge in [0.1, 0.15) is 0 Å². The molecular formula is C20H17IN2O3. The largest absolute Gasteiger partial charge is 0.459 e. The minimum absolute atomic E-state index is 0.194. The van der Waals surface area contributed by atoms with E-state index in [1.165, 1.54) is 6.26 Å². The van der Waals surface area contributed by atoms with Gasteiger partial charge in [0, 0.05) is 10.1 Å². The predicted molar refractivity (Wildman–Crippen MR) is 108 cm³/mol. The number of furan rings is 1. The first-order chi connectivity index (χ1) is 12.6. The van der Waals surface area contributed by atoms with Crippen molar-refractivity contribution >= 4 is 40.1 Å². The molecule has 0 aliphatic rings. The van der Waals surface area contributed by atoms with Crippen molar-refractivity contribution in [2.45, 2.75) is 6.42 Å². The lowest BCUT2D eigenvalue weighted by molar-refractivity contribution is 0.0955. The number of nitrogens with one attached hydrogen (secondary N) is 2. The van der Waals surface area contributed by atoms with Gasteiger partial charge in [-0.1, -0.05) is 30.3 Å². The van der Waals surface area contributed by atoms with Gasteiger partial charge in [-0.15, -0.1) is 0 Å². The summed E-state index contributed by atoms with van der Waals surface area (Å²) >= 11 is 2.14. The van der Waals surface area contributed by atoms with Crippen LogP contribution in [0, 0.1) is 3.57 Å². The molecule has 5 nitrogen and oxygen atoms in total. The second kappa shape index (κ2) is 8.66. The molecule has 0 aliphatic heterocycles. The fourth-order valence-electron chi connectivity index (χ4n) is 2.47. The molecule has 1 heterocycles. The van der Waals surface area contributed by atoms with Crippen LogP contribution in [0.4, 0.5) is 5.69 Å². The number of amides is 2. The smallest absolute Gasteiger partial charge is 0.291 e. The van der Waals surface area contributed by atoms with Crippen LogP contribution in [0.2, 0.25) is 0 Å². The van der Waals surface area contributed by atoms with Crippen LogP contribution in [0.5, 0.6) is 0 Å². The standard InChI is InChI=1S/C20H17IN2O3/c21-15-8-9-17(23-20(25)18-7-4-12-26-18)16(13-15)19(24)22-11-10-14-5-2-1-3-6-14/h1-9,12-13H,10-11H2,(H,22,24)(H,23,25). The highest BCUT2D eigenvalue weighted by molar-refractivity contribution is 14.1. The van der Waals surface area contributed by atoms with Crippen LogP contribution in [-0.4, -0.2) is 18.4 Å². The number of anilines is 1. The number of rotatable bonds is 6. The molecule has 0 bridgehead atoms. The summed E-state index contributed by atoms with van der Waals surface area (Å²) in [5.41, 5.74) is 2.02. The maximum Gasteiger partial charge on any atom is 0.291 e. The molecule has 2 aromatic carbocycles. The summed E-state index contributed by atoms with van der Waals surface area (Å²) in [5.74, 6) is -0.428. The minimum atomic E-state index is -0.394. The van der Waals surface area contributed by atoms with E-state index in [9.17, 15) is 9.59 Å². The molecule has 1 aromatic heterocycles. The molecule has 26 heavy (non-hydrogen) atoms. The van der Waals surface area contributed by atoms with Crippen LogP contribution in [0.25, 0.3) is 0 Å². The lowest BCUT2D eigenvalue weighted by Crippen LogP contribution is -2.27. The Morgan fingerprint density at radius 2 is 1.77 bits per heavy atom. The van der Waals surface area contributed by atoms with E-state index in [-0.39, 0.29) is 11.7 Å². The zero-order valence-corrected chi connectivity index (χ0v) is 16.0. The van der Waals surface area contributed by atoms with Gasteiger partial charge in [-0.25, -0.2) is 0 Å². The molecule has 0 atom stereocenters. The van der Waals surface area contributed by atoms with E-state index >= 15 is 0 Å². The Hall–Kier alpha value is -2.61. The van der Waals surface area contributed by atoms with Crippen molar-refractivity contribution in [3.05, 3.63) is 87.4 Å². The lowest BCUT2D eigenvalue weighted by atomic mass is 10.1. The zero-order chi connectivity index (χ0) is 18.4. The van der Waals surface area contributed by atoms with E-state index < -0.39 is 5.91 Å². The van der Waals surface area contributed by atoms with Crippen molar-refractivity contribution in [2.75, 3.05) is 11.9 Å². The Bertz CT molecular complexity index is 893. The summed E-state index contributed by atoms with van der Waals surface area (Å²) < 4.78 is 6.00. The van der Waals surface area contributed by atoms with Crippen molar-refractivity contribution in [3.8, 4) is 0 Å². The Morgan fingerprint density at radius 1 is 0.962 bits per heavy atom. The van der Waals surface area contributed by atoms with Crippen LogP contribution in [0.3, 0.4) is 0 Å². The van der Waals surface area contributed by atoms with E-state index in [4.69, 9.17) is 4.42 Å². The van der Waals surface area contributed by atoms with Gasteiger partial charge in [0.15, 0.2) is 5.76 Å². The monoisotopic (exact) mass is 460 g/mol. The average molecular weight is 460 g/mol. The molecular weight excluding hydrogens is 443 g/mol. The highest BCUT2D eigenvalue weighted by atomic mass is 127. The van der Waals surface area contributed by atoms with Crippen LogP contribution < -0.4 is 10.6 Å². The highest BCUT2D eigenvalue weighted by Crippen LogP contribution is 2.20.